The molecule has 1 unspecified atom stereocenters. The minimum Gasteiger partial charge on any atom is -0.361 e. The molecular formula is C15H16N2O. The molecule has 2 aromatic rings. The highest BCUT2D eigenvalue weighted by Crippen LogP contribution is 2.17. The van der Waals surface area contributed by atoms with Crippen LogP contribution in [-0.2, 0) is 11.2 Å². The van der Waals surface area contributed by atoms with Crippen LogP contribution >= 0.6 is 0 Å². The first-order valence-corrected chi connectivity index (χ1v) is 5.98. The van der Waals surface area contributed by atoms with E-state index in [2.05, 4.69) is 16.2 Å². The van der Waals surface area contributed by atoms with Crippen molar-refractivity contribution < 1.29 is 4.79 Å². The summed E-state index contributed by atoms with van der Waals surface area (Å²) in [6, 6.07) is 7.97. The summed E-state index contributed by atoms with van der Waals surface area (Å²) in [6.07, 6.45) is 8.02. The van der Waals surface area contributed by atoms with E-state index in [1.165, 1.54) is 0 Å². The number of nitrogens with one attached hydrogen (secondary N) is 2. The van der Waals surface area contributed by atoms with E-state index in [1.807, 2.05) is 37.4 Å². The van der Waals surface area contributed by atoms with Crippen LogP contribution in [0.2, 0.25) is 0 Å². The minimum absolute atomic E-state index is 0.00232. The number of hydrogen-bond acceptors (Lipinski definition) is 1. The molecule has 0 aliphatic rings. The van der Waals surface area contributed by atoms with E-state index in [0.717, 1.165) is 16.5 Å². The number of fused-ring (bicyclic) bond motifs is 1. The third kappa shape index (κ3) is 2.72. The minimum atomic E-state index is 0.00232. The maximum Gasteiger partial charge on any atom is 0.224 e. The molecule has 1 aromatic carbocycles. The zero-order chi connectivity index (χ0) is 13.0. The number of aromatic nitrogens is 1. The van der Waals surface area contributed by atoms with E-state index >= 15 is 0 Å². The quantitative estimate of drug-likeness (QED) is 0.791. The summed E-state index contributed by atoms with van der Waals surface area (Å²) in [6.45, 7) is 1.91. The van der Waals surface area contributed by atoms with Crippen LogP contribution in [0, 0.1) is 12.3 Å². The summed E-state index contributed by atoms with van der Waals surface area (Å²) in [5, 5.41) is 3.98. The molecule has 0 saturated carbocycles. The van der Waals surface area contributed by atoms with Crippen LogP contribution in [-0.4, -0.2) is 16.9 Å². The third-order valence-corrected chi connectivity index (χ3v) is 2.86. The largest absolute Gasteiger partial charge is 0.361 e. The van der Waals surface area contributed by atoms with Crippen LogP contribution in [0.3, 0.4) is 0 Å². The van der Waals surface area contributed by atoms with Crippen molar-refractivity contribution in [3.8, 4) is 12.3 Å². The van der Waals surface area contributed by atoms with Crippen molar-refractivity contribution in [2.75, 3.05) is 0 Å². The zero-order valence-electron chi connectivity index (χ0n) is 10.4. The van der Waals surface area contributed by atoms with Crippen LogP contribution in [0.1, 0.15) is 18.9 Å². The lowest BCUT2D eigenvalue weighted by Crippen LogP contribution is -2.33. The molecule has 0 spiro atoms. The van der Waals surface area contributed by atoms with Gasteiger partial charge in [-0.05, 0) is 18.6 Å². The van der Waals surface area contributed by atoms with Crippen molar-refractivity contribution in [1.82, 2.24) is 10.3 Å². The molecule has 0 saturated heterocycles. The Hall–Kier alpha value is -2.21. The van der Waals surface area contributed by atoms with Gasteiger partial charge in [0.15, 0.2) is 0 Å². The average molecular weight is 240 g/mol. The standard InChI is InChI=1S/C15H16N2O/c1-3-6-11(2)17-15(18)9-12-10-16-14-8-5-4-7-13(12)14/h1,4-5,7-8,10-11,16H,6,9H2,2H3,(H,17,18). The fourth-order valence-corrected chi connectivity index (χ4v) is 2.00. The number of hydrogen-bond donors (Lipinski definition) is 2. The van der Waals surface area contributed by atoms with Crippen LogP contribution in [0.4, 0.5) is 0 Å². The molecule has 0 aliphatic heterocycles. The highest BCUT2D eigenvalue weighted by Gasteiger charge is 2.10. The molecule has 1 atom stereocenters. The van der Waals surface area contributed by atoms with Crippen molar-refractivity contribution in [2.24, 2.45) is 0 Å². The summed E-state index contributed by atoms with van der Waals surface area (Å²) in [5.41, 5.74) is 2.06. The normalized spacial score (nSPS) is 12.0. The summed E-state index contributed by atoms with van der Waals surface area (Å²) in [5.74, 6) is 2.54. The molecule has 1 amide bonds. The number of carbonyl (C=O) groups excluding carboxylic acids is 1. The van der Waals surface area contributed by atoms with Gasteiger partial charge in [0.25, 0.3) is 0 Å². The molecule has 3 nitrogen and oxygen atoms in total. The number of terminal acetylenes is 1. The molecule has 3 heteroatoms. The summed E-state index contributed by atoms with van der Waals surface area (Å²) in [7, 11) is 0. The lowest BCUT2D eigenvalue weighted by atomic mass is 10.1. The van der Waals surface area contributed by atoms with Gasteiger partial charge in [-0.15, -0.1) is 12.3 Å². The smallest absolute Gasteiger partial charge is 0.224 e. The van der Waals surface area contributed by atoms with Crippen LogP contribution in [0.5, 0.6) is 0 Å². The lowest BCUT2D eigenvalue weighted by molar-refractivity contribution is -0.120. The average Bonchev–Trinajstić information content (AvgIpc) is 2.73. The van der Waals surface area contributed by atoms with E-state index in [1.54, 1.807) is 0 Å². The number of aromatic amines is 1. The molecule has 0 bridgehead atoms. The Morgan fingerprint density at radius 3 is 3.06 bits per heavy atom. The fraction of sp³-hybridized carbons (Fsp3) is 0.267. The highest BCUT2D eigenvalue weighted by molar-refractivity contribution is 5.88. The Balaban J connectivity index is 2.06. The number of rotatable bonds is 4. The topological polar surface area (TPSA) is 44.9 Å². The fourth-order valence-electron chi connectivity index (χ4n) is 2.00. The summed E-state index contributed by atoms with van der Waals surface area (Å²) in [4.78, 5) is 15.0. The molecule has 2 N–H and O–H groups in total. The summed E-state index contributed by atoms with van der Waals surface area (Å²) < 4.78 is 0. The van der Waals surface area contributed by atoms with Crippen LogP contribution in [0.15, 0.2) is 30.5 Å². The van der Waals surface area contributed by atoms with Gasteiger partial charge in [0.1, 0.15) is 0 Å². The lowest BCUT2D eigenvalue weighted by Gasteiger charge is -2.10. The molecule has 0 radical (unpaired) electrons. The Labute approximate surface area is 107 Å². The van der Waals surface area contributed by atoms with Gasteiger partial charge in [0, 0.05) is 29.6 Å². The Morgan fingerprint density at radius 1 is 1.50 bits per heavy atom. The number of benzene rings is 1. The van der Waals surface area contributed by atoms with Crippen molar-refractivity contribution >= 4 is 16.8 Å². The van der Waals surface area contributed by atoms with Gasteiger partial charge in [-0.2, -0.15) is 0 Å². The number of H-pyrrole nitrogens is 1. The monoisotopic (exact) mass is 240 g/mol. The molecule has 0 fully saturated rings. The Morgan fingerprint density at radius 2 is 2.28 bits per heavy atom. The van der Waals surface area contributed by atoms with Crippen molar-refractivity contribution in [2.45, 2.75) is 25.8 Å². The van der Waals surface area contributed by atoms with Gasteiger partial charge >= 0.3 is 0 Å². The van der Waals surface area contributed by atoms with Gasteiger partial charge in [0.05, 0.1) is 6.42 Å². The Bertz CT molecular complexity index is 592. The molecule has 92 valence electrons. The van der Waals surface area contributed by atoms with Gasteiger partial charge in [-0.3, -0.25) is 4.79 Å². The first-order valence-electron chi connectivity index (χ1n) is 5.98. The first-order chi connectivity index (χ1) is 8.70. The van der Waals surface area contributed by atoms with E-state index in [4.69, 9.17) is 6.42 Å². The number of amides is 1. The first kappa shape index (κ1) is 12.3. The SMILES string of the molecule is C#CCC(C)NC(=O)Cc1c[nH]c2ccccc12. The maximum absolute atomic E-state index is 11.8. The van der Waals surface area contributed by atoms with Gasteiger partial charge in [0.2, 0.25) is 5.91 Å². The van der Waals surface area contributed by atoms with Crippen molar-refractivity contribution in [3.63, 3.8) is 0 Å². The third-order valence-electron chi connectivity index (χ3n) is 2.86. The van der Waals surface area contributed by atoms with Crippen molar-refractivity contribution in [1.29, 1.82) is 0 Å². The highest BCUT2D eigenvalue weighted by atomic mass is 16.1. The zero-order valence-corrected chi connectivity index (χ0v) is 10.4. The van der Waals surface area contributed by atoms with E-state index in [0.29, 0.717) is 12.8 Å². The molecule has 2 rings (SSSR count). The van der Waals surface area contributed by atoms with Crippen LogP contribution in [0.25, 0.3) is 10.9 Å². The molecule has 18 heavy (non-hydrogen) atoms. The van der Waals surface area contributed by atoms with Gasteiger partial charge < -0.3 is 10.3 Å². The van der Waals surface area contributed by atoms with Crippen LogP contribution < -0.4 is 5.32 Å². The second-order valence-corrected chi connectivity index (χ2v) is 4.41. The van der Waals surface area contributed by atoms with E-state index in [9.17, 15) is 4.79 Å². The molecule has 1 heterocycles. The second kappa shape index (κ2) is 5.42. The van der Waals surface area contributed by atoms with Gasteiger partial charge in [-0.25, -0.2) is 0 Å². The Kier molecular flexibility index (Phi) is 3.69. The van der Waals surface area contributed by atoms with E-state index < -0.39 is 0 Å². The van der Waals surface area contributed by atoms with Gasteiger partial charge in [-0.1, -0.05) is 18.2 Å². The maximum atomic E-state index is 11.8. The van der Waals surface area contributed by atoms with E-state index in [-0.39, 0.29) is 11.9 Å². The predicted molar refractivity (Wildman–Crippen MR) is 73.1 cm³/mol. The molecule has 1 aromatic heterocycles. The number of carbonyl (C=O) groups is 1. The molecular weight excluding hydrogens is 224 g/mol. The number of para-hydroxylation sites is 1. The predicted octanol–water partition coefficient (Wildman–Crippen LogP) is 2.24. The second-order valence-electron chi connectivity index (χ2n) is 4.41. The van der Waals surface area contributed by atoms with Crippen molar-refractivity contribution in [3.05, 3.63) is 36.0 Å². The molecule has 0 aliphatic carbocycles. The summed E-state index contributed by atoms with van der Waals surface area (Å²) >= 11 is 0.